The Bertz CT molecular complexity index is 246. The lowest BCUT2D eigenvalue weighted by atomic mass is 10.2. The summed E-state index contributed by atoms with van der Waals surface area (Å²) in [6.07, 6.45) is 0.656. The Labute approximate surface area is 93.3 Å². The molecule has 13 heavy (non-hydrogen) atoms. The van der Waals surface area contributed by atoms with Crippen LogP contribution in [0.3, 0.4) is 0 Å². The second-order valence-electron chi connectivity index (χ2n) is 3.11. The zero-order valence-electron chi connectivity index (χ0n) is 7.84. The van der Waals surface area contributed by atoms with Crippen LogP contribution >= 0.6 is 11.3 Å². The molecule has 1 aromatic rings. The molecule has 4 heteroatoms. The van der Waals surface area contributed by atoms with Crippen LogP contribution in [0, 0.1) is 0 Å². The summed E-state index contributed by atoms with van der Waals surface area (Å²) in [5, 5.41) is 1.94. The van der Waals surface area contributed by atoms with Gasteiger partial charge in [0, 0.05) is 0 Å². The first-order chi connectivity index (χ1) is 5.70. The average Bonchev–Trinajstić information content (AvgIpc) is 2.51. The van der Waals surface area contributed by atoms with Crippen LogP contribution < -0.4 is 21.9 Å². The molecular weight excluding hydrogens is 250 g/mol. The molecule has 0 amide bonds. The highest BCUT2D eigenvalue weighted by Crippen LogP contribution is 2.10. The van der Waals surface area contributed by atoms with E-state index in [2.05, 4.69) is 14.1 Å². The Hall–Kier alpha value is -0.190. The van der Waals surface area contributed by atoms with E-state index in [1.165, 1.54) is 16.2 Å². The third-order valence-corrected chi connectivity index (χ3v) is 2.56. The van der Waals surface area contributed by atoms with Gasteiger partial charge in [0.2, 0.25) is 0 Å². The highest BCUT2D eigenvalue weighted by Gasteiger charge is 2.07. The maximum absolute atomic E-state index is 11.4. The normalized spacial score (nSPS) is 9.77. The second-order valence-corrected chi connectivity index (χ2v) is 4.06. The van der Waals surface area contributed by atoms with Crippen molar-refractivity contribution < 1.29 is 26.7 Å². The molecule has 0 unspecified atom stereocenters. The van der Waals surface area contributed by atoms with Gasteiger partial charge in [0.15, 0.2) is 5.78 Å². The first-order valence-electron chi connectivity index (χ1n) is 4.06. The van der Waals surface area contributed by atoms with E-state index in [-0.39, 0.29) is 22.8 Å². The van der Waals surface area contributed by atoms with Crippen molar-refractivity contribution in [2.24, 2.45) is 0 Å². The molecule has 0 bridgehead atoms. The molecule has 0 saturated heterocycles. The molecule has 0 fully saturated rings. The Kier molecular flexibility index (Phi) is 6.20. The van der Waals surface area contributed by atoms with Gasteiger partial charge in [0.25, 0.3) is 0 Å². The fourth-order valence-corrected chi connectivity index (χ4v) is 1.62. The number of Topliss-reactive ketones (excluding diaryl/α,β-unsaturated/α-hetero) is 1. The lowest BCUT2D eigenvalue weighted by Gasteiger charge is -2.04. The highest BCUT2D eigenvalue weighted by molar-refractivity contribution is 7.12. The first kappa shape index (κ1) is 12.8. The van der Waals surface area contributed by atoms with E-state index < -0.39 is 0 Å². The Morgan fingerprint density at radius 3 is 2.69 bits per heavy atom. The summed E-state index contributed by atoms with van der Waals surface area (Å²) in [5.74, 6) is 0.270. The van der Waals surface area contributed by atoms with E-state index in [0.29, 0.717) is 6.42 Å². The molecule has 1 N–H and O–H groups in total. The fraction of sp³-hybridized carbons (Fsp3) is 0.444. The van der Waals surface area contributed by atoms with Crippen LogP contribution in [0.5, 0.6) is 0 Å². The predicted octanol–water partition coefficient (Wildman–Crippen LogP) is -2.53. The third kappa shape index (κ3) is 4.55. The summed E-state index contributed by atoms with van der Waals surface area (Å²) in [5.41, 5.74) is 0. The molecule has 2 nitrogen and oxygen atoms in total. The number of carbonyl (C=O) groups excluding carboxylic acids is 1. The Balaban J connectivity index is 0.00000144. The van der Waals surface area contributed by atoms with E-state index >= 15 is 0 Å². The molecule has 0 aliphatic rings. The fourth-order valence-electron chi connectivity index (χ4n) is 0.924. The van der Waals surface area contributed by atoms with Crippen molar-refractivity contribution in [3.63, 3.8) is 0 Å². The smallest absolute Gasteiger partial charge is 0.178 e. The standard InChI is InChI=1S/C9H13NOS.BrH/c1-10(2)6-5-8(11)9-4-3-7-12-9;/h3-4,7H,5-6H2,1-2H3;1H. The van der Waals surface area contributed by atoms with Gasteiger partial charge in [-0.25, -0.2) is 0 Å². The van der Waals surface area contributed by atoms with Crippen molar-refractivity contribution in [3.05, 3.63) is 22.4 Å². The van der Waals surface area contributed by atoms with Crippen LogP contribution in [0.1, 0.15) is 16.1 Å². The van der Waals surface area contributed by atoms with Crippen molar-refractivity contribution in [1.29, 1.82) is 0 Å². The SMILES string of the molecule is C[NH+](C)CCC(=O)c1cccs1.[Br-]. The third-order valence-electron chi connectivity index (χ3n) is 1.65. The molecule has 0 aromatic carbocycles. The van der Waals surface area contributed by atoms with Crippen LogP contribution in [0.4, 0.5) is 0 Å². The van der Waals surface area contributed by atoms with Gasteiger partial charge in [-0.2, -0.15) is 0 Å². The van der Waals surface area contributed by atoms with Gasteiger partial charge in [0.1, 0.15) is 0 Å². The molecule has 0 spiro atoms. The molecule has 1 heterocycles. The zero-order valence-corrected chi connectivity index (χ0v) is 10.2. The van der Waals surface area contributed by atoms with Gasteiger partial charge in [-0.05, 0) is 11.4 Å². The van der Waals surface area contributed by atoms with Crippen molar-refractivity contribution >= 4 is 17.1 Å². The number of hydrogen-bond acceptors (Lipinski definition) is 2. The molecule has 1 aromatic heterocycles. The van der Waals surface area contributed by atoms with Crippen LogP contribution in [-0.4, -0.2) is 26.4 Å². The molecule has 0 radical (unpaired) electrons. The van der Waals surface area contributed by atoms with Gasteiger partial charge < -0.3 is 21.9 Å². The number of ketones is 1. The molecule has 74 valence electrons. The molecule has 0 atom stereocenters. The predicted molar refractivity (Wildman–Crippen MR) is 50.9 cm³/mol. The van der Waals surface area contributed by atoms with Gasteiger partial charge in [-0.1, -0.05) is 6.07 Å². The van der Waals surface area contributed by atoms with E-state index in [1.807, 2.05) is 17.5 Å². The quantitative estimate of drug-likeness (QED) is 0.595. The van der Waals surface area contributed by atoms with E-state index in [9.17, 15) is 4.79 Å². The summed E-state index contributed by atoms with van der Waals surface area (Å²) in [7, 11) is 4.11. The summed E-state index contributed by atoms with van der Waals surface area (Å²) in [6.45, 7) is 0.913. The largest absolute Gasteiger partial charge is 1.00 e. The van der Waals surface area contributed by atoms with Gasteiger partial charge >= 0.3 is 0 Å². The van der Waals surface area contributed by atoms with Crippen LogP contribution in [0.15, 0.2) is 17.5 Å². The number of halogens is 1. The zero-order chi connectivity index (χ0) is 8.97. The van der Waals surface area contributed by atoms with Crippen molar-refractivity contribution in [3.8, 4) is 0 Å². The Morgan fingerprint density at radius 1 is 1.54 bits per heavy atom. The number of hydrogen-bond donors (Lipinski definition) is 1. The minimum atomic E-state index is 0. The highest BCUT2D eigenvalue weighted by atomic mass is 79.9. The van der Waals surface area contributed by atoms with Gasteiger partial charge in [-0.15, -0.1) is 11.3 Å². The molecule has 0 aliphatic heterocycles. The van der Waals surface area contributed by atoms with Crippen LogP contribution in [-0.2, 0) is 0 Å². The van der Waals surface area contributed by atoms with Crippen LogP contribution in [0.25, 0.3) is 0 Å². The first-order valence-corrected chi connectivity index (χ1v) is 4.94. The summed E-state index contributed by atoms with van der Waals surface area (Å²) >= 11 is 1.52. The molecule has 0 saturated carbocycles. The summed E-state index contributed by atoms with van der Waals surface area (Å²) in [4.78, 5) is 13.6. The lowest BCUT2D eigenvalue weighted by Crippen LogP contribution is -3.05. The summed E-state index contributed by atoms with van der Waals surface area (Å²) < 4.78 is 0. The van der Waals surface area contributed by atoms with E-state index in [4.69, 9.17) is 0 Å². The van der Waals surface area contributed by atoms with Gasteiger partial charge in [-0.3, -0.25) is 4.79 Å². The number of quaternary nitrogens is 1. The minimum absolute atomic E-state index is 0. The van der Waals surface area contributed by atoms with Crippen LogP contribution in [0.2, 0.25) is 0 Å². The number of rotatable bonds is 4. The lowest BCUT2D eigenvalue weighted by molar-refractivity contribution is -0.857. The molecule has 0 aliphatic carbocycles. The number of thiophene rings is 1. The number of nitrogens with one attached hydrogen (secondary N) is 1. The summed E-state index contributed by atoms with van der Waals surface area (Å²) in [6, 6.07) is 3.80. The number of carbonyl (C=O) groups is 1. The van der Waals surface area contributed by atoms with Gasteiger partial charge in [0.05, 0.1) is 31.9 Å². The average molecular weight is 264 g/mol. The van der Waals surface area contributed by atoms with Crippen molar-refractivity contribution in [1.82, 2.24) is 0 Å². The molecule has 1 rings (SSSR count). The maximum Gasteiger partial charge on any atom is 0.178 e. The van der Waals surface area contributed by atoms with E-state index in [1.54, 1.807) is 0 Å². The Morgan fingerprint density at radius 2 is 2.23 bits per heavy atom. The molecular formula is C9H14BrNOS. The van der Waals surface area contributed by atoms with Crippen molar-refractivity contribution in [2.45, 2.75) is 6.42 Å². The maximum atomic E-state index is 11.4. The second kappa shape index (κ2) is 6.29. The topological polar surface area (TPSA) is 21.5 Å². The van der Waals surface area contributed by atoms with E-state index in [0.717, 1.165) is 11.4 Å². The monoisotopic (exact) mass is 263 g/mol. The minimum Gasteiger partial charge on any atom is -1.00 e. The van der Waals surface area contributed by atoms with Crippen molar-refractivity contribution in [2.75, 3.05) is 20.6 Å².